The second-order valence-electron chi connectivity index (χ2n) is 6.05. The average Bonchev–Trinajstić information content (AvgIpc) is 3.29. The lowest BCUT2D eigenvalue weighted by atomic mass is 10.2. The molecule has 2 fully saturated rings. The lowest BCUT2D eigenvalue weighted by molar-refractivity contribution is -0.143. The molecule has 1 aliphatic heterocycles. The van der Waals surface area contributed by atoms with Crippen LogP contribution < -0.4 is 10.9 Å². The van der Waals surface area contributed by atoms with Gasteiger partial charge in [-0.15, -0.1) is 0 Å². The molecule has 2 aliphatic rings. The number of carbonyl (C=O) groups is 1. The van der Waals surface area contributed by atoms with E-state index in [1.165, 1.54) is 29.8 Å². The molecule has 0 amide bonds. The van der Waals surface area contributed by atoms with Crippen molar-refractivity contribution in [3.8, 4) is 0 Å². The van der Waals surface area contributed by atoms with E-state index in [2.05, 4.69) is 10.3 Å². The smallest absolute Gasteiger partial charge is 0.326 e. The van der Waals surface area contributed by atoms with Gasteiger partial charge in [-0.25, -0.2) is 4.98 Å². The summed E-state index contributed by atoms with van der Waals surface area (Å²) in [5, 5.41) is 3.01. The van der Waals surface area contributed by atoms with Crippen LogP contribution in [-0.4, -0.2) is 47.7 Å². The first-order valence-electron chi connectivity index (χ1n) is 8.38. The van der Waals surface area contributed by atoms with Gasteiger partial charge in [0.2, 0.25) is 0 Å². The van der Waals surface area contributed by atoms with Crippen LogP contribution in [-0.2, 0) is 25.5 Å². The van der Waals surface area contributed by atoms with Gasteiger partial charge in [0.05, 0.1) is 13.2 Å². The van der Waals surface area contributed by atoms with Gasteiger partial charge in [-0.05, 0) is 25.7 Å². The molecule has 132 valence electrons. The second-order valence-corrected chi connectivity index (χ2v) is 6.05. The van der Waals surface area contributed by atoms with Crippen LogP contribution >= 0.6 is 0 Å². The van der Waals surface area contributed by atoms with Gasteiger partial charge in [0.15, 0.2) is 12.0 Å². The molecule has 0 unspecified atom stereocenters. The Bertz CT molecular complexity index is 628. The Balaban J connectivity index is 1.63. The molecule has 1 N–H and O–H groups in total. The molecular formula is C16H23N3O5. The number of anilines is 1. The molecule has 0 spiro atoms. The third-order valence-electron chi connectivity index (χ3n) is 4.08. The maximum Gasteiger partial charge on any atom is 0.326 e. The molecule has 2 atom stereocenters. The summed E-state index contributed by atoms with van der Waals surface area (Å²) in [6.07, 6.45) is 5.68. The van der Waals surface area contributed by atoms with E-state index in [0.717, 1.165) is 13.0 Å². The van der Waals surface area contributed by atoms with Crippen molar-refractivity contribution in [2.75, 3.05) is 25.1 Å². The lowest BCUT2D eigenvalue weighted by Crippen LogP contribution is -2.36. The van der Waals surface area contributed by atoms with Gasteiger partial charge in [0.25, 0.3) is 5.56 Å². The zero-order valence-corrected chi connectivity index (χ0v) is 13.8. The summed E-state index contributed by atoms with van der Waals surface area (Å²) in [6, 6.07) is 0. The largest absolute Gasteiger partial charge is 0.465 e. The van der Waals surface area contributed by atoms with Crippen LogP contribution in [0.5, 0.6) is 0 Å². The number of hydrogen-bond acceptors (Lipinski definition) is 7. The molecule has 1 aromatic heterocycles. The van der Waals surface area contributed by atoms with E-state index in [4.69, 9.17) is 14.2 Å². The van der Waals surface area contributed by atoms with Gasteiger partial charge in [-0.1, -0.05) is 0 Å². The predicted molar refractivity (Wildman–Crippen MR) is 85.6 cm³/mol. The molecule has 1 aromatic rings. The summed E-state index contributed by atoms with van der Waals surface area (Å²) in [5.74, 6) is 0.358. The quantitative estimate of drug-likeness (QED) is 0.700. The lowest BCUT2D eigenvalue weighted by Gasteiger charge is -2.20. The topological polar surface area (TPSA) is 91.7 Å². The van der Waals surface area contributed by atoms with Gasteiger partial charge >= 0.3 is 5.97 Å². The molecule has 1 aliphatic carbocycles. The summed E-state index contributed by atoms with van der Waals surface area (Å²) in [6.45, 7) is 3.18. The van der Waals surface area contributed by atoms with E-state index in [9.17, 15) is 9.59 Å². The molecule has 3 rings (SSSR count). The van der Waals surface area contributed by atoms with Gasteiger partial charge in [0, 0.05) is 25.4 Å². The number of esters is 1. The standard InChI is InChI=1S/C16H23N3O5/c1-2-22-13(20)9-19-7-6-17-14(16(19)21)18-15-12(5-8-23-15)24-10-11-3-4-11/h6-7,11-12,15H,2-5,8-10H2,1H3,(H,17,18)/t12-,15-/m0/s1. The van der Waals surface area contributed by atoms with E-state index < -0.39 is 12.2 Å². The van der Waals surface area contributed by atoms with Crippen LogP contribution in [0.15, 0.2) is 17.2 Å². The number of rotatable bonds is 8. The molecule has 0 aromatic carbocycles. The highest BCUT2D eigenvalue weighted by Crippen LogP contribution is 2.30. The van der Waals surface area contributed by atoms with Crippen LogP contribution in [0.25, 0.3) is 0 Å². The van der Waals surface area contributed by atoms with E-state index in [-0.39, 0.29) is 30.6 Å². The summed E-state index contributed by atoms with van der Waals surface area (Å²) in [5.41, 5.74) is -0.387. The molecule has 0 bridgehead atoms. The van der Waals surface area contributed by atoms with Gasteiger partial charge in [0.1, 0.15) is 12.6 Å². The van der Waals surface area contributed by atoms with E-state index in [1.54, 1.807) is 6.92 Å². The molecule has 1 saturated carbocycles. The molecule has 2 heterocycles. The predicted octanol–water partition coefficient (Wildman–Crippen LogP) is 0.760. The van der Waals surface area contributed by atoms with E-state index in [0.29, 0.717) is 12.5 Å². The highest BCUT2D eigenvalue weighted by molar-refractivity contribution is 5.69. The number of carbonyl (C=O) groups excluding carboxylic acids is 1. The summed E-state index contributed by atoms with van der Waals surface area (Å²) < 4.78 is 17.6. The number of nitrogens with one attached hydrogen (secondary N) is 1. The Morgan fingerprint density at radius 1 is 1.46 bits per heavy atom. The minimum atomic E-state index is -0.459. The fourth-order valence-corrected chi connectivity index (χ4v) is 2.57. The van der Waals surface area contributed by atoms with Crippen LogP contribution in [0, 0.1) is 5.92 Å². The van der Waals surface area contributed by atoms with Crippen molar-refractivity contribution in [1.82, 2.24) is 9.55 Å². The zero-order chi connectivity index (χ0) is 16.9. The Kier molecular flexibility index (Phi) is 5.47. The van der Waals surface area contributed by atoms with Crippen molar-refractivity contribution < 1.29 is 19.0 Å². The van der Waals surface area contributed by atoms with E-state index >= 15 is 0 Å². The van der Waals surface area contributed by atoms with Crippen molar-refractivity contribution in [2.24, 2.45) is 5.92 Å². The highest BCUT2D eigenvalue weighted by atomic mass is 16.6. The van der Waals surface area contributed by atoms with Crippen LogP contribution in [0.4, 0.5) is 5.82 Å². The summed E-state index contributed by atoms with van der Waals surface area (Å²) >= 11 is 0. The van der Waals surface area contributed by atoms with Crippen molar-refractivity contribution in [1.29, 1.82) is 0 Å². The molecule has 1 saturated heterocycles. The number of hydrogen-bond donors (Lipinski definition) is 1. The van der Waals surface area contributed by atoms with Crippen LogP contribution in [0.2, 0.25) is 0 Å². The minimum Gasteiger partial charge on any atom is -0.465 e. The first-order valence-corrected chi connectivity index (χ1v) is 8.38. The Morgan fingerprint density at radius 2 is 2.29 bits per heavy atom. The number of nitrogens with zero attached hydrogens (tertiary/aromatic N) is 2. The molecule has 0 radical (unpaired) electrons. The fraction of sp³-hybridized carbons (Fsp3) is 0.688. The van der Waals surface area contributed by atoms with Crippen molar-refractivity contribution >= 4 is 11.8 Å². The Labute approximate surface area is 140 Å². The van der Waals surface area contributed by atoms with Gasteiger partial charge in [-0.3, -0.25) is 14.2 Å². The first-order chi connectivity index (χ1) is 11.7. The maximum atomic E-state index is 12.4. The average molecular weight is 337 g/mol. The molecule has 8 heteroatoms. The van der Waals surface area contributed by atoms with Crippen LogP contribution in [0.1, 0.15) is 26.2 Å². The Hall–Kier alpha value is -1.93. The van der Waals surface area contributed by atoms with Crippen molar-refractivity contribution in [2.45, 2.75) is 45.1 Å². The number of aromatic nitrogens is 2. The maximum absolute atomic E-state index is 12.4. The molecule has 24 heavy (non-hydrogen) atoms. The number of ether oxygens (including phenoxy) is 3. The van der Waals surface area contributed by atoms with Crippen molar-refractivity contribution in [3.63, 3.8) is 0 Å². The second kappa shape index (κ2) is 7.76. The van der Waals surface area contributed by atoms with Crippen molar-refractivity contribution in [3.05, 3.63) is 22.7 Å². The van der Waals surface area contributed by atoms with Crippen LogP contribution in [0.3, 0.4) is 0 Å². The SMILES string of the molecule is CCOC(=O)Cn1ccnc(N[C@H]2OCC[C@@H]2OCC2CC2)c1=O. The third kappa shape index (κ3) is 4.33. The highest BCUT2D eigenvalue weighted by Gasteiger charge is 2.32. The Morgan fingerprint density at radius 3 is 3.04 bits per heavy atom. The van der Waals surface area contributed by atoms with Gasteiger partial charge < -0.3 is 19.5 Å². The minimum absolute atomic E-state index is 0.0921. The zero-order valence-electron chi connectivity index (χ0n) is 13.8. The molecular weight excluding hydrogens is 314 g/mol. The summed E-state index contributed by atoms with van der Waals surface area (Å²) in [7, 11) is 0. The monoisotopic (exact) mass is 337 g/mol. The fourth-order valence-electron chi connectivity index (χ4n) is 2.57. The third-order valence-corrected chi connectivity index (χ3v) is 4.08. The molecule has 8 nitrogen and oxygen atoms in total. The normalized spacial score (nSPS) is 23.2. The first kappa shape index (κ1) is 16.9. The van der Waals surface area contributed by atoms with E-state index in [1.807, 2.05) is 0 Å². The summed E-state index contributed by atoms with van der Waals surface area (Å²) in [4.78, 5) is 28.0. The van der Waals surface area contributed by atoms with Gasteiger partial charge in [-0.2, -0.15) is 0 Å².